The summed E-state index contributed by atoms with van der Waals surface area (Å²) in [6.45, 7) is 2.48. The van der Waals surface area contributed by atoms with E-state index in [1.807, 2.05) is 37.3 Å². The normalized spacial score (nSPS) is 10.6. The summed E-state index contributed by atoms with van der Waals surface area (Å²) in [6, 6.07) is 16.5. The third kappa shape index (κ3) is 5.28. The highest BCUT2D eigenvalue weighted by Crippen LogP contribution is 2.16. The summed E-state index contributed by atoms with van der Waals surface area (Å²) in [5.74, 6) is 0.256. The van der Waals surface area contributed by atoms with E-state index >= 15 is 0 Å². The minimum atomic E-state index is -0.473. The van der Waals surface area contributed by atoms with E-state index in [1.54, 1.807) is 24.3 Å². The predicted molar refractivity (Wildman–Crippen MR) is 103 cm³/mol. The van der Waals surface area contributed by atoms with Gasteiger partial charge >= 0.3 is 0 Å². The van der Waals surface area contributed by atoms with Crippen molar-refractivity contribution in [1.29, 1.82) is 5.26 Å². The van der Waals surface area contributed by atoms with Gasteiger partial charge in [-0.05, 0) is 78.0 Å². The van der Waals surface area contributed by atoms with Gasteiger partial charge in [-0.2, -0.15) is 5.26 Å². The van der Waals surface area contributed by atoms with Gasteiger partial charge < -0.3 is 15.4 Å². The van der Waals surface area contributed by atoms with Gasteiger partial charge in [0.15, 0.2) is 0 Å². The molecule has 0 radical (unpaired) electrons. The van der Waals surface area contributed by atoms with Crippen molar-refractivity contribution in [3.8, 4) is 11.8 Å². The number of ether oxygens (including phenoxy) is 1. The van der Waals surface area contributed by atoms with Gasteiger partial charge in [0.25, 0.3) is 5.91 Å². The number of hydrogen-bond acceptors (Lipinski definition) is 4. The standard InChI is InChI=1S/C18H16IN3O2/c1-2-24-17-9-7-16(8-10-17)22-18(23)13(11-20)12-21-15-5-3-14(19)4-6-15/h3-10,12,21H,2H2,1H3,(H,22,23)/b13-12-. The Morgan fingerprint density at radius 3 is 2.38 bits per heavy atom. The molecule has 0 aliphatic heterocycles. The number of rotatable bonds is 6. The molecule has 2 aromatic rings. The Kier molecular flexibility index (Phi) is 6.63. The maximum absolute atomic E-state index is 12.2. The van der Waals surface area contributed by atoms with Crippen LogP contribution in [0.2, 0.25) is 0 Å². The number of nitrogens with zero attached hydrogens (tertiary/aromatic N) is 1. The zero-order valence-electron chi connectivity index (χ0n) is 13.0. The van der Waals surface area contributed by atoms with E-state index in [0.29, 0.717) is 12.3 Å². The van der Waals surface area contributed by atoms with Crippen molar-refractivity contribution in [3.63, 3.8) is 0 Å². The second-order valence-electron chi connectivity index (χ2n) is 4.73. The molecule has 0 atom stereocenters. The average Bonchev–Trinajstić information content (AvgIpc) is 2.59. The lowest BCUT2D eigenvalue weighted by molar-refractivity contribution is -0.112. The third-order valence-corrected chi connectivity index (χ3v) is 3.73. The molecule has 0 heterocycles. The van der Waals surface area contributed by atoms with Crippen molar-refractivity contribution in [3.05, 3.63) is 63.9 Å². The summed E-state index contributed by atoms with van der Waals surface area (Å²) in [5.41, 5.74) is 1.39. The molecule has 5 nitrogen and oxygen atoms in total. The van der Waals surface area contributed by atoms with Crippen molar-refractivity contribution in [2.45, 2.75) is 6.92 Å². The van der Waals surface area contributed by atoms with E-state index in [4.69, 9.17) is 4.74 Å². The van der Waals surface area contributed by atoms with Crippen LogP contribution < -0.4 is 15.4 Å². The van der Waals surface area contributed by atoms with E-state index < -0.39 is 5.91 Å². The van der Waals surface area contributed by atoms with Gasteiger partial charge in [-0.25, -0.2) is 0 Å². The molecule has 24 heavy (non-hydrogen) atoms. The SMILES string of the molecule is CCOc1ccc(NC(=O)/C(C#N)=C\Nc2ccc(I)cc2)cc1. The molecule has 2 N–H and O–H groups in total. The molecule has 2 aromatic carbocycles. The van der Waals surface area contributed by atoms with E-state index in [2.05, 4.69) is 33.2 Å². The number of carbonyl (C=O) groups excluding carboxylic acids is 1. The van der Waals surface area contributed by atoms with E-state index in [0.717, 1.165) is 15.0 Å². The van der Waals surface area contributed by atoms with Gasteiger partial charge in [0.1, 0.15) is 17.4 Å². The van der Waals surface area contributed by atoms with Crippen LogP contribution in [0.3, 0.4) is 0 Å². The van der Waals surface area contributed by atoms with Crippen LogP contribution in [-0.2, 0) is 4.79 Å². The lowest BCUT2D eigenvalue weighted by Gasteiger charge is -2.07. The Morgan fingerprint density at radius 2 is 1.79 bits per heavy atom. The van der Waals surface area contributed by atoms with Crippen LogP contribution >= 0.6 is 22.6 Å². The van der Waals surface area contributed by atoms with Gasteiger partial charge in [0.2, 0.25) is 0 Å². The number of hydrogen-bond donors (Lipinski definition) is 2. The first-order valence-electron chi connectivity index (χ1n) is 7.29. The number of amides is 1. The van der Waals surface area contributed by atoms with Crippen LogP contribution in [0.1, 0.15) is 6.92 Å². The molecule has 122 valence electrons. The Hall–Kier alpha value is -2.53. The average molecular weight is 433 g/mol. The molecule has 0 aliphatic carbocycles. The molecule has 0 unspecified atom stereocenters. The second-order valence-corrected chi connectivity index (χ2v) is 5.98. The first kappa shape index (κ1) is 17.8. The minimum absolute atomic E-state index is 0.0116. The molecular weight excluding hydrogens is 417 g/mol. The monoisotopic (exact) mass is 433 g/mol. The third-order valence-electron chi connectivity index (χ3n) is 3.02. The molecular formula is C18H16IN3O2. The molecule has 0 bridgehead atoms. The molecule has 6 heteroatoms. The van der Waals surface area contributed by atoms with Crippen LogP contribution in [0.4, 0.5) is 11.4 Å². The fraction of sp³-hybridized carbons (Fsp3) is 0.111. The minimum Gasteiger partial charge on any atom is -0.494 e. The van der Waals surface area contributed by atoms with Crippen LogP contribution in [-0.4, -0.2) is 12.5 Å². The smallest absolute Gasteiger partial charge is 0.267 e. The summed E-state index contributed by atoms with van der Waals surface area (Å²) >= 11 is 2.21. The summed E-state index contributed by atoms with van der Waals surface area (Å²) < 4.78 is 6.45. The van der Waals surface area contributed by atoms with Crippen LogP contribution in [0.25, 0.3) is 0 Å². The Bertz CT molecular complexity index is 762. The van der Waals surface area contributed by atoms with Crippen LogP contribution in [0.15, 0.2) is 60.3 Å². The summed E-state index contributed by atoms with van der Waals surface area (Å²) in [6.07, 6.45) is 1.39. The zero-order chi connectivity index (χ0) is 17.4. The molecule has 2 rings (SSSR count). The maximum atomic E-state index is 12.2. The largest absolute Gasteiger partial charge is 0.494 e. The van der Waals surface area contributed by atoms with Crippen LogP contribution in [0, 0.1) is 14.9 Å². The summed E-state index contributed by atoms with van der Waals surface area (Å²) in [7, 11) is 0. The molecule has 0 aliphatic rings. The van der Waals surface area contributed by atoms with Crippen molar-refractivity contribution >= 4 is 39.9 Å². The summed E-state index contributed by atoms with van der Waals surface area (Å²) in [4.78, 5) is 12.2. The number of nitrogens with one attached hydrogen (secondary N) is 2. The zero-order valence-corrected chi connectivity index (χ0v) is 15.2. The molecule has 0 aromatic heterocycles. The number of benzene rings is 2. The van der Waals surface area contributed by atoms with Gasteiger partial charge in [0.05, 0.1) is 6.61 Å². The topological polar surface area (TPSA) is 74.1 Å². The van der Waals surface area contributed by atoms with E-state index in [9.17, 15) is 10.1 Å². The van der Waals surface area contributed by atoms with Crippen LogP contribution in [0.5, 0.6) is 5.75 Å². The van der Waals surface area contributed by atoms with Gasteiger partial charge in [-0.1, -0.05) is 0 Å². The van der Waals surface area contributed by atoms with E-state index in [-0.39, 0.29) is 5.57 Å². The maximum Gasteiger partial charge on any atom is 0.267 e. The number of nitriles is 1. The van der Waals surface area contributed by atoms with Gasteiger partial charge in [-0.3, -0.25) is 4.79 Å². The number of carbonyl (C=O) groups is 1. The van der Waals surface area contributed by atoms with Crippen molar-refractivity contribution < 1.29 is 9.53 Å². The number of anilines is 2. The van der Waals surface area contributed by atoms with E-state index in [1.165, 1.54) is 6.20 Å². The highest BCUT2D eigenvalue weighted by Gasteiger charge is 2.09. The van der Waals surface area contributed by atoms with Crippen molar-refractivity contribution in [2.24, 2.45) is 0 Å². The number of halogens is 1. The second kappa shape index (κ2) is 8.93. The molecule has 1 amide bonds. The lowest BCUT2D eigenvalue weighted by Crippen LogP contribution is -2.14. The Labute approximate surface area is 154 Å². The molecule has 0 saturated heterocycles. The lowest BCUT2D eigenvalue weighted by atomic mass is 10.2. The molecule has 0 fully saturated rings. The highest BCUT2D eigenvalue weighted by atomic mass is 127. The highest BCUT2D eigenvalue weighted by molar-refractivity contribution is 14.1. The molecule has 0 saturated carbocycles. The fourth-order valence-corrected chi connectivity index (χ4v) is 2.21. The quantitative estimate of drug-likeness (QED) is 0.408. The molecule has 0 spiro atoms. The van der Waals surface area contributed by atoms with Crippen molar-refractivity contribution in [2.75, 3.05) is 17.2 Å². The Balaban J connectivity index is 2.01. The fourth-order valence-electron chi connectivity index (χ4n) is 1.85. The van der Waals surface area contributed by atoms with Gasteiger partial charge in [-0.15, -0.1) is 0 Å². The van der Waals surface area contributed by atoms with Crippen molar-refractivity contribution in [1.82, 2.24) is 0 Å². The summed E-state index contributed by atoms with van der Waals surface area (Å²) in [5, 5.41) is 14.8. The van der Waals surface area contributed by atoms with Gasteiger partial charge in [0, 0.05) is 21.1 Å². The predicted octanol–water partition coefficient (Wildman–Crippen LogP) is 4.15. The first-order chi connectivity index (χ1) is 11.6. The first-order valence-corrected chi connectivity index (χ1v) is 8.37. The Morgan fingerprint density at radius 1 is 1.17 bits per heavy atom.